The van der Waals surface area contributed by atoms with Gasteiger partial charge in [0.25, 0.3) is 0 Å². The van der Waals surface area contributed by atoms with Crippen LogP contribution in [-0.2, 0) is 6.54 Å². The molecule has 2 heterocycles. The molecule has 0 fully saturated rings. The van der Waals surface area contributed by atoms with E-state index in [0.717, 1.165) is 19.0 Å². The average Bonchev–Trinajstić information content (AvgIpc) is 3.10. The van der Waals surface area contributed by atoms with E-state index in [1.54, 1.807) is 0 Å². The summed E-state index contributed by atoms with van der Waals surface area (Å²) in [4.78, 5) is 2.81. The van der Waals surface area contributed by atoms with E-state index in [-0.39, 0.29) is 0 Å². The first-order valence-electron chi connectivity index (χ1n) is 6.89. The fraction of sp³-hybridized carbons (Fsp3) is 0.375. The maximum atomic E-state index is 3.61. The highest BCUT2D eigenvalue weighted by Crippen LogP contribution is 2.29. The van der Waals surface area contributed by atoms with Crippen LogP contribution in [0.15, 0.2) is 41.1 Å². The van der Waals surface area contributed by atoms with Gasteiger partial charge in [-0.2, -0.15) is 0 Å². The topological polar surface area (TPSA) is 12.0 Å². The van der Waals surface area contributed by atoms with E-state index < -0.39 is 0 Å². The van der Waals surface area contributed by atoms with Crippen LogP contribution in [-0.4, -0.2) is 6.54 Å². The van der Waals surface area contributed by atoms with Gasteiger partial charge in [-0.3, -0.25) is 0 Å². The van der Waals surface area contributed by atoms with Gasteiger partial charge in [-0.1, -0.05) is 18.2 Å². The molecule has 1 unspecified atom stereocenters. The van der Waals surface area contributed by atoms with Gasteiger partial charge >= 0.3 is 0 Å². The third-order valence-electron chi connectivity index (χ3n) is 3.57. The number of thiophene rings is 2. The van der Waals surface area contributed by atoms with E-state index in [2.05, 4.69) is 46.4 Å². The Labute approximate surface area is 123 Å². The predicted octanol–water partition coefficient (Wildman–Crippen LogP) is 4.92. The van der Waals surface area contributed by atoms with Crippen LogP contribution in [0.4, 0.5) is 0 Å². The summed E-state index contributed by atoms with van der Waals surface area (Å²) in [5.74, 6) is 0.835. The molecule has 0 bridgehead atoms. The zero-order chi connectivity index (χ0) is 12.9. The summed E-state index contributed by atoms with van der Waals surface area (Å²) in [5.41, 5.74) is 1.37. The van der Waals surface area contributed by atoms with Crippen molar-refractivity contribution >= 4 is 22.7 Å². The van der Waals surface area contributed by atoms with E-state index in [1.165, 1.54) is 34.6 Å². The molecule has 1 atom stereocenters. The highest BCUT2D eigenvalue weighted by Gasteiger charge is 2.09. The van der Waals surface area contributed by atoms with Crippen molar-refractivity contribution in [1.29, 1.82) is 0 Å². The van der Waals surface area contributed by atoms with Crippen LogP contribution in [0.1, 0.15) is 24.1 Å². The number of nitrogens with one attached hydrogen (secondary N) is 1. The number of hydrogen-bond donors (Lipinski definition) is 1. The second-order valence-corrected chi connectivity index (χ2v) is 7.00. The minimum atomic E-state index is 0.835. The second kappa shape index (κ2) is 6.51. The van der Waals surface area contributed by atoms with Gasteiger partial charge in [0, 0.05) is 21.9 Å². The van der Waals surface area contributed by atoms with Crippen molar-refractivity contribution < 1.29 is 0 Å². The Hall–Kier alpha value is -0.900. The van der Waals surface area contributed by atoms with Crippen molar-refractivity contribution in [2.75, 3.05) is 6.54 Å². The molecule has 0 saturated carbocycles. The molecule has 1 aliphatic carbocycles. The number of hydrogen-bond acceptors (Lipinski definition) is 3. The molecule has 0 aliphatic heterocycles. The predicted molar refractivity (Wildman–Crippen MR) is 85.8 cm³/mol. The van der Waals surface area contributed by atoms with Crippen molar-refractivity contribution in [2.24, 2.45) is 5.92 Å². The van der Waals surface area contributed by atoms with E-state index in [1.807, 2.05) is 22.7 Å². The van der Waals surface area contributed by atoms with Crippen LogP contribution in [0.2, 0.25) is 0 Å². The SMILES string of the molecule is C1=CCC(CNCc2cc(-c3cccs3)cs2)CC1. The molecule has 0 aromatic carbocycles. The second-order valence-electron chi connectivity index (χ2n) is 5.06. The van der Waals surface area contributed by atoms with Crippen LogP contribution < -0.4 is 5.32 Å². The average molecular weight is 289 g/mol. The number of rotatable bonds is 5. The fourth-order valence-electron chi connectivity index (χ4n) is 2.49. The Morgan fingerprint density at radius 3 is 3.05 bits per heavy atom. The van der Waals surface area contributed by atoms with Gasteiger partial charge in [-0.25, -0.2) is 0 Å². The highest BCUT2D eigenvalue weighted by molar-refractivity contribution is 7.14. The first-order valence-corrected chi connectivity index (χ1v) is 8.65. The lowest BCUT2D eigenvalue weighted by molar-refractivity contribution is 0.441. The Morgan fingerprint density at radius 1 is 1.26 bits per heavy atom. The zero-order valence-corrected chi connectivity index (χ0v) is 12.6. The molecule has 3 heteroatoms. The molecule has 19 heavy (non-hydrogen) atoms. The molecule has 0 amide bonds. The van der Waals surface area contributed by atoms with Gasteiger partial charge in [-0.15, -0.1) is 22.7 Å². The molecule has 0 spiro atoms. The molecule has 1 nitrogen and oxygen atoms in total. The van der Waals surface area contributed by atoms with Crippen molar-refractivity contribution in [3.8, 4) is 10.4 Å². The molecule has 1 N–H and O–H groups in total. The summed E-state index contributed by atoms with van der Waals surface area (Å²) in [6.45, 7) is 2.16. The Morgan fingerprint density at radius 2 is 2.26 bits per heavy atom. The van der Waals surface area contributed by atoms with Crippen LogP contribution in [0.25, 0.3) is 10.4 Å². The minimum Gasteiger partial charge on any atom is -0.312 e. The summed E-state index contributed by atoms with van der Waals surface area (Å²) >= 11 is 3.68. The summed E-state index contributed by atoms with van der Waals surface area (Å²) in [5, 5.41) is 8.02. The van der Waals surface area contributed by atoms with Gasteiger partial charge < -0.3 is 5.32 Å². The van der Waals surface area contributed by atoms with Crippen molar-refractivity contribution in [2.45, 2.75) is 25.8 Å². The van der Waals surface area contributed by atoms with Crippen LogP contribution in [0.3, 0.4) is 0 Å². The van der Waals surface area contributed by atoms with Crippen LogP contribution in [0, 0.1) is 5.92 Å². The fourth-order valence-corrected chi connectivity index (χ4v) is 4.13. The number of allylic oxidation sites excluding steroid dienone is 2. The van der Waals surface area contributed by atoms with Crippen LogP contribution in [0.5, 0.6) is 0 Å². The van der Waals surface area contributed by atoms with Gasteiger partial charge in [0.1, 0.15) is 0 Å². The Bertz CT molecular complexity index is 525. The van der Waals surface area contributed by atoms with Gasteiger partial charge in [0.2, 0.25) is 0 Å². The first-order chi connectivity index (χ1) is 9.42. The van der Waals surface area contributed by atoms with Gasteiger partial charge in [0.05, 0.1) is 0 Å². The molecular formula is C16H19NS2. The Kier molecular flexibility index (Phi) is 4.49. The summed E-state index contributed by atoms with van der Waals surface area (Å²) in [6.07, 6.45) is 8.49. The van der Waals surface area contributed by atoms with E-state index in [4.69, 9.17) is 0 Å². The molecule has 3 rings (SSSR count). The van der Waals surface area contributed by atoms with Gasteiger partial charge in [-0.05, 0) is 54.6 Å². The molecule has 2 aromatic heterocycles. The standard InChI is InChI=1S/C16H19NS2/c1-2-5-13(6-3-1)10-17-11-15-9-14(12-19-15)16-7-4-8-18-16/h1-2,4,7-9,12-13,17H,3,5-6,10-11H2. The largest absolute Gasteiger partial charge is 0.312 e. The van der Waals surface area contributed by atoms with E-state index in [9.17, 15) is 0 Å². The zero-order valence-electron chi connectivity index (χ0n) is 11.0. The van der Waals surface area contributed by atoms with Crippen molar-refractivity contribution in [1.82, 2.24) is 5.32 Å². The molecule has 100 valence electrons. The minimum absolute atomic E-state index is 0.835. The normalized spacial score (nSPS) is 18.8. The van der Waals surface area contributed by atoms with Crippen molar-refractivity contribution in [3.05, 3.63) is 46.0 Å². The monoisotopic (exact) mass is 289 g/mol. The van der Waals surface area contributed by atoms with E-state index in [0.29, 0.717) is 0 Å². The molecule has 0 radical (unpaired) electrons. The summed E-state index contributed by atoms with van der Waals surface area (Å²) in [7, 11) is 0. The maximum absolute atomic E-state index is 3.61. The van der Waals surface area contributed by atoms with E-state index >= 15 is 0 Å². The summed E-state index contributed by atoms with van der Waals surface area (Å²) in [6, 6.07) is 6.63. The first kappa shape index (κ1) is 13.1. The van der Waals surface area contributed by atoms with Crippen molar-refractivity contribution in [3.63, 3.8) is 0 Å². The highest BCUT2D eigenvalue weighted by atomic mass is 32.1. The molecule has 0 saturated heterocycles. The molecule has 2 aromatic rings. The Balaban J connectivity index is 1.49. The lowest BCUT2D eigenvalue weighted by Gasteiger charge is -2.17. The summed E-state index contributed by atoms with van der Waals surface area (Å²) < 4.78 is 0. The third-order valence-corrected chi connectivity index (χ3v) is 5.43. The third kappa shape index (κ3) is 3.56. The lowest BCUT2D eigenvalue weighted by atomic mass is 9.94. The molecular weight excluding hydrogens is 270 g/mol. The molecule has 1 aliphatic rings. The lowest BCUT2D eigenvalue weighted by Crippen LogP contribution is -2.22. The van der Waals surface area contributed by atoms with Gasteiger partial charge in [0.15, 0.2) is 0 Å². The quantitative estimate of drug-likeness (QED) is 0.770. The smallest absolute Gasteiger partial charge is 0.0351 e. The maximum Gasteiger partial charge on any atom is 0.0351 e. The van der Waals surface area contributed by atoms with Crippen LogP contribution >= 0.6 is 22.7 Å².